The second kappa shape index (κ2) is 4.93. The van der Waals surface area contributed by atoms with Gasteiger partial charge in [-0.25, -0.2) is 9.50 Å². The van der Waals surface area contributed by atoms with Crippen LogP contribution in [0, 0.1) is 5.41 Å². The van der Waals surface area contributed by atoms with Crippen molar-refractivity contribution in [3.63, 3.8) is 0 Å². The van der Waals surface area contributed by atoms with Crippen LogP contribution in [0.25, 0.3) is 5.52 Å². The van der Waals surface area contributed by atoms with E-state index in [1.54, 1.807) is 39.8 Å². The average Bonchev–Trinajstić information content (AvgIpc) is 2.88. The minimum Gasteiger partial charge on any atom is -0.456 e. The lowest BCUT2D eigenvalue weighted by atomic mass is 9.91. The van der Waals surface area contributed by atoms with Crippen LogP contribution < -0.4 is 5.73 Å². The van der Waals surface area contributed by atoms with Crippen molar-refractivity contribution in [3.05, 3.63) is 24.2 Å². The first-order chi connectivity index (χ1) is 12.0. The van der Waals surface area contributed by atoms with E-state index in [2.05, 4.69) is 10.1 Å². The van der Waals surface area contributed by atoms with Crippen molar-refractivity contribution in [2.75, 3.05) is 5.73 Å². The smallest absolute Gasteiger partial charge is 0.311 e. The molecular formula is C17H22N4O5. The third-order valence-corrected chi connectivity index (χ3v) is 5.25. The van der Waals surface area contributed by atoms with Gasteiger partial charge in [-0.15, -0.1) is 0 Å². The molecule has 0 aromatic carbocycles. The number of carbonyl (C=O) groups excluding carboxylic acids is 1. The number of anilines is 1. The number of aliphatic hydroxyl groups is 2. The lowest BCUT2D eigenvalue weighted by Gasteiger charge is -2.32. The number of nitrogens with zero attached hydrogens (tertiary/aromatic N) is 3. The van der Waals surface area contributed by atoms with Gasteiger partial charge in [-0.2, -0.15) is 5.10 Å². The van der Waals surface area contributed by atoms with Crippen molar-refractivity contribution in [1.82, 2.24) is 14.6 Å². The molecule has 140 valence electrons. The van der Waals surface area contributed by atoms with Gasteiger partial charge in [-0.05, 0) is 39.8 Å². The predicted octanol–water partition coefficient (Wildman–Crippen LogP) is -0.0110. The van der Waals surface area contributed by atoms with E-state index in [1.807, 2.05) is 0 Å². The largest absolute Gasteiger partial charge is 0.456 e. The SMILES string of the molecule is CC(C)(C)C(=O)OC1[C@H]2O[C@@](C)(c3ccc4c(N)ncnn34)[C@H](O)[C@@]12O. The van der Waals surface area contributed by atoms with Crippen molar-refractivity contribution in [2.24, 2.45) is 5.41 Å². The van der Waals surface area contributed by atoms with E-state index in [-0.39, 0.29) is 0 Å². The first-order valence-corrected chi connectivity index (χ1v) is 8.39. The number of nitrogen functional groups attached to an aromatic ring is 1. The quantitative estimate of drug-likeness (QED) is 0.636. The van der Waals surface area contributed by atoms with Crippen LogP contribution in [0.3, 0.4) is 0 Å². The van der Waals surface area contributed by atoms with Crippen molar-refractivity contribution < 1.29 is 24.5 Å². The lowest BCUT2D eigenvalue weighted by Crippen LogP contribution is -2.47. The maximum absolute atomic E-state index is 12.1. The number of carbonyl (C=O) groups is 1. The third-order valence-electron chi connectivity index (χ3n) is 5.25. The molecule has 0 amide bonds. The molecule has 9 nitrogen and oxygen atoms in total. The summed E-state index contributed by atoms with van der Waals surface area (Å²) < 4.78 is 12.8. The molecule has 1 unspecified atom stereocenters. The van der Waals surface area contributed by atoms with Crippen molar-refractivity contribution in [3.8, 4) is 0 Å². The average molecular weight is 362 g/mol. The number of hydrogen-bond acceptors (Lipinski definition) is 8. The third kappa shape index (κ3) is 2.04. The molecule has 2 aromatic rings. The number of aliphatic hydroxyl groups excluding tert-OH is 1. The molecule has 26 heavy (non-hydrogen) atoms. The summed E-state index contributed by atoms with van der Waals surface area (Å²) in [5.41, 5.74) is 3.33. The Hall–Kier alpha value is -2.23. The summed E-state index contributed by atoms with van der Waals surface area (Å²) in [5.74, 6) is -0.167. The molecule has 4 N–H and O–H groups in total. The standard InChI is InChI=1S/C17H22N4O5/c1-15(2,3)14(23)25-10-11-17(10,24)13(22)16(4,26-11)9-6-5-8-12(18)19-7-20-21(8)9/h5-7,10-11,13,22,24H,1-4H3,(H2,18,19,20)/t10?,11-,13+,16+,17-/m1/s1. The fraction of sp³-hybridized carbons (Fsp3) is 0.588. The Balaban J connectivity index is 1.64. The molecule has 0 bridgehead atoms. The molecule has 1 aliphatic heterocycles. The highest BCUT2D eigenvalue weighted by Crippen LogP contribution is 2.59. The van der Waals surface area contributed by atoms with Gasteiger partial charge in [0.05, 0.1) is 11.1 Å². The number of rotatable bonds is 2. The molecule has 2 fully saturated rings. The number of nitrogens with two attached hydrogens (primary N) is 1. The minimum absolute atomic E-state index is 0.295. The summed E-state index contributed by atoms with van der Waals surface area (Å²) in [6.07, 6.45) is -1.71. The topological polar surface area (TPSA) is 132 Å². The van der Waals surface area contributed by atoms with Gasteiger partial charge in [0.2, 0.25) is 0 Å². The van der Waals surface area contributed by atoms with E-state index in [4.69, 9.17) is 15.2 Å². The monoisotopic (exact) mass is 362 g/mol. The summed E-state index contributed by atoms with van der Waals surface area (Å²) in [5, 5.41) is 25.9. The summed E-state index contributed by atoms with van der Waals surface area (Å²) in [6.45, 7) is 6.81. The van der Waals surface area contributed by atoms with E-state index < -0.39 is 40.9 Å². The molecule has 5 atom stereocenters. The molecule has 1 saturated heterocycles. The molecular weight excluding hydrogens is 340 g/mol. The van der Waals surface area contributed by atoms with Crippen LogP contribution in [-0.2, 0) is 19.9 Å². The van der Waals surface area contributed by atoms with E-state index >= 15 is 0 Å². The fourth-order valence-electron chi connectivity index (χ4n) is 3.55. The van der Waals surface area contributed by atoms with Gasteiger partial charge in [-0.3, -0.25) is 4.79 Å². The Morgan fingerprint density at radius 3 is 2.69 bits per heavy atom. The van der Waals surface area contributed by atoms with Gasteiger partial charge in [0.15, 0.2) is 17.5 Å². The molecule has 2 aromatic heterocycles. The second-order valence-corrected chi connectivity index (χ2v) is 8.17. The first-order valence-electron chi connectivity index (χ1n) is 8.39. The van der Waals surface area contributed by atoms with Gasteiger partial charge in [0, 0.05) is 0 Å². The van der Waals surface area contributed by atoms with E-state index in [1.165, 1.54) is 10.8 Å². The fourth-order valence-corrected chi connectivity index (χ4v) is 3.55. The Kier molecular flexibility index (Phi) is 3.26. The van der Waals surface area contributed by atoms with Gasteiger partial charge in [0.1, 0.15) is 29.7 Å². The van der Waals surface area contributed by atoms with Gasteiger partial charge in [0.25, 0.3) is 0 Å². The van der Waals surface area contributed by atoms with Crippen LogP contribution >= 0.6 is 0 Å². The van der Waals surface area contributed by atoms with Crippen LogP contribution in [0.15, 0.2) is 18.5 Å². The van der Waals surface area contributed by atoms with Crippen molar-refractivity contribution in [2.45, 2.75) is 57.2 Å². The zero-order valence-corrected chi connectivity index (χ0v) is 15.0. The molecule has 3 heterocycles. The Morgan fingerprint density at radius 2 is 2.12 bits per heavy atom. The first kappa shape index (κ1) is 17.2. The maximum atomic E-state index is 12.1. The lowest BCUT2D eigenvalue weighted by molar-refractivity contribution is -0.171. The van der Waals surface area contributed by atoms with Crippen LogP contribution in [-0.4, -0.2) is 54.7 Å². The van der Waals surface area contributed by atoms with Gasteiger partial charge in [-0.1, -0.05) is 0 Å². The summed E-state index contributed by atoms with van der Waals surface area (Å²) >= 11 is 0. The van der Waals surface area contributed by atoms with Crippen LogP contribution in [0.5, 0.6) is 0 Å². The maximum Gasteiger partial charge on any atom is 0.311 e. The number of ether oxygens (including phenoxy) is 2. The zero-order chi connectivity index (χ0) is 19.1. The van der Waals surface area contributed by atoms with E-state index in [9.17, 15) is 15.0 Å². The summed E-state index contributed by atoms with van der Waals surface area (Å²) in [7, 11) is 0. The summed E-state index contributed by atoms with van der Waals surface area (Å²) in [6, 6.07) is 3.44. The molecule has 9 heteroatoms. The number of esters is 1. The summed E-state index contributed by atoms with van der Waals surface area (Å²) in [4.78, 5) is 16.0. The Morgan fingerprint density at radius 1 is 1.42 bits per heavy atom. The number of fused-ring (bicyclic) bond motifs is 2. The molecule has 4 rings (SSSR count). The number of aromatic nitrogens is 3. The zero-order valence-electron chi connectivity index (χ0n) is 15.0. The molecule has 0 radical (unpaired) electrons. The molecule has 2 aliphatic rings. The van der Waals surface area contributed by atoms with Crippen molar-refractivity contribution >= 4 is 17.3 Å². The second-order valence-electron chi connectivity index (χ2n) is 8.17. The van der Waals surface area contributed by atoms with Gasteiger partial charge >= 0.3 is 5.97 Å². The van der Waals surface area contributed by atoms with Crippen molar-refractivity contribution in [1.29, 1.82) is 0 Å². The highest BCUT2D eigenvalue weighted by atomic mass is 16.6. The highest BCUT2D eigenvalue weighted by Gasteiger charge is 2.82. The Labute approximate surface area is 149 Å². The molecule has 1 saturated carbocycles. The van der Waals surface area contributed by atoms with E-state index in [0.29, 0.717) is 17.0 Å². The van der Waals surface area contributed by atoms with Crippen LogP contribution in [0.4, 0.5) is 5.82 Å². The normalized spacial score (nSPS) is 36.2. The molecule has 1 aliphatic carbocycles. The highest BCUT2D eigenvalue weighted by molar-refractivity contribution is 5.76. The minimum atomic E-state index is -1.65. The van der Waals surface area contributed by atoms with E-state index in [0.717, 1.165) is 0 Å². The van der Waals surface area contributed by atoms with Crippen LogP contribution in [0.2, 0.25) is 0 Å². The van der Waals surface area contributed by atoms with Crippen LogP contribution in [0.1, 0.15) is 33.4 Å². The van der Waals surface area contributed by atoms with Gasteiger partial charge < -0.3 is 25.4 Å². The number of hydrogen-bond donors (Lipinski definition) is 3. The Bertz CT molecular complexity index is 906. The molecule has 0 spiro atoms. The predicted molar refractivity (Wildman–Crippen MR) is 89.9 cm³/mol.